The second kappa shape index (κ2) is 81.4. The van der Waals surface area contributed by atoms with E-state index in [4.69, 9.17) is 37.0 Å². The highest BCUT2D eigenvalue weighted by molar-refractivity contribution is 7.47. The highest BCUT2D eigenvalue weighted by Crippen LogP contribution is 2.45. The second-order valence-corrected chi connectivity index (χ2v) is 30.6. The Labute approximate surface area is 667 Å². The van der Waals surface area contributed by atoms with Gasteiger partial charge in [-0.25, -0.2) is 9.13 Å². The van der Waals surface area contributed by atoms with E-state index in [-0.39, 0.29) is 25.7 Å². The lowest BCUT2D eigenvalue weighted by Crippen LogP contribution is -2.30. The molecule has 0 aromatic carbocycles. The summed E-state index contributed by atoms with van der Waals surface area (Å²) in [6.07, 6.45) is 97.9. The molecule has 0 aliphatic carbocycles. The van der Waals surface area contributed by atoms with Crippen LogP contribution in [0.4, 0.5) is 0 Å². The van der Waals surface area contributed by atoms with Crippen LogP contribution in [0.3, 0.4) is 0 Å². The lowest BCUT2D eigenvalue weighted by molar-refractivity contribution is -0.161. The highest BCUT2D eigenvalue weighted by Gasteiger charge is 2.30. The largest absolute Gasteiger partial charge is 0.472 e. The zero-order valence-corrected chi connectivity index (χ0v) is 70.4. The number of carbonyl (C=O) groups is 4. The van der Waals surface area contributed by atoms with Gasteiger partial charge in [0.2, 0.25) is 0 Å². The summed E-state index contributed by atoms with van der Waals surface area (Å²) >= 11 is 0. The molecule has 0 rings (SSSR count). The number of phosphoric acid groups is 2. The number of aliphatic hydroxyl groups is 1. The van der Waals surface area contributed by atoms with E-state index in [9.17, 15) is 43.2 Å². The van der Waals surface area contributed by atoms with Crippen molar-refractivity contribution in [3.63, 3.8) is 0 Å². The molecule has 0 heterocycles. The molecule has 0 aromatic rings. The molecule has 3 N–H and O–H groups in total. The molecule has 17 nitrogen and oxygen atoms in total. The predicted octanol–water partition coefficient (Wildman–Crippen LogP) is 25.3. The van der Waals surface area contributed by atoms with E-state index in [1.165, 1.54) is 122 Å². The summed E-state index contributed by atoms with van der Waals surface area (Å²) in [5.74, 6) is -2.44. The van der Waals surface area contributed by atoms with E-state index in [0.29, 0.717) is 44.9 Å². The van der Waals surface area contributed by atoms with Gasteiger partial charge in [-0.05, 0) is 141 Å². The Balaban J connectivity index is 5.57. The average molecular weight is 1580 g/mol. The third-order valence-electron chi connectivity index (χ3n) is 17.2. The molecule has 0 saturated carbocycles. The van der Waals surface area contributed by atoms with Crippen molar-refractivity contribution in [1.82, 2.24) is 0 Å². The Morgan fingerprint density at radius 2 is 0.473 bits per heavy atom. The fraction of sp³-hybridized carbons (Fsp3) is 0.648. The monoisotopic (exact) mass is 1580 g/mol. The van der Waals surface area contributed by atoms with Crippen molar-refractivity contribution in [2.24, 2.45) is 0 Å². The van der Waals surface area contributed by atoms with Crippen LogP contribution in [-0.4, -0.2) is 96.7 Å². The van der Waals surface area contributed by atoms with Gasteiger partial charge in [0.25, 0.3) is 0 Å². The van der Waals surface area contributed by atoms with Crippen LogP contribution in [0.5, 0.6) is 0 Å². The lowest BCUT2D eigenvalue weighted by Gasteiger charge is -2.21. The summed E-state index contributed by atoms with van der Waals surface area (Å²) in [5.41, 5.74) is 0. The maximum atomic E-state index is 13.1. The Morgan fingerprint density at radius 1 is 0.255 bits per heavy atom. The summed E-state index contributed by atoms with van der Waals surface area (Å²) < 4.78 is 68.5. The van der Waals surface area contributed by atoms with E-state index in [0.717, 1.165) is 103 Å². The molecule has 5 atom stereocenters. The fourth-order valence-electron chi connectivity index (χ4n) is 10.7. The van der Waals surface area contributed by atoms with E-state index in [2.05, 4.69) is 149 Å². The van der Waals surface area contributed by atoms with Crippen molar-refractivity contribution in [3.8, 4) is 0 Å². The molecule has 0 aliphatic heterocycles. The molecule has 19 heteroatoms. The number of ether oxygens (including phenoxy) is 4. The van der Waals surface area contributed by atoms with Crippen LogP contribution in [0, 0.1) is 0 Å². The van der Waals surface area contributed by atoms with Gasteiger partial charge in [0, 0.05) is 25.7 Å². The van der Waals surface area contributed by atoms with Crippen molar-refractivity contribution in [2.45, 2.75) is 341 Å². The number of aliphatic hydroxyl groups excluding tert-OH is 1. The smallest absolute Gasteiger partial charge is 0.462 e. The predicted molar refractivity (Wildman–Crippen MR) is 454 cm³/mol. The molecular weight excluding hydrogens is 1430 g/mol. The lowest BCUT2D eigenvalue weighted by atomic mass is 10.0. The maximum absolute atomic E-state index is 13.1. The van der Waals surface area contributed by atoms with Gasteiger partial charge in [0.15, 0.2) is 12.2 Å². The number of hydrogen-bond donors (Lipinski definition) is 3. The molecule has 0 aliphatic rings. The van der Waals surface area contributed by atoms with Crippen LogP contribution in [0.25, 0.3) is 0 Å². The van der Waals surface area contributed by atoms with Gasteiger partial charge in [0.05, 0.1) is 26.4 Å². The van der Waals surface area contributed by atoms with Gasteiger partial charge in [-0.3, -0.25) is 37.3 Å². The summed E-state index contributed by atoms with van der Waals surface area (Å²) in [6.45, 7) is 4.57. The molecule has 0 aromatic heterocycles. The number of hydrogen-bond acceptors (Lipinski definition) is 15. The summed E-state index contributed by atoms with van der Waals surface area (Å²) in [7, 11) is -10.0. The summed E-state index contributed by atoms with van der Waals surface area (Å²) in [6, 6.07) is 0. The molecular formula is C91H150O17P2. The first kappa shape index (κ1) is 104. The Morgan fingerprint density at radius 3 is 0.782 bits per heavy atom. The third kappa shape index (κ3) is 80.5. The van der Waals surface area contributed by atoms with Crippen molar-refractivity contribution in [1.29, 1.82) is 0 Å². The summed E-state index contributed by atoms with van der Waals surface area (Å²) in [4.78, 5) is 73.1. The molecule has 0 amide bonds. The van der Waals surface area contributed by atoms with Crippen LogP contribution >= 0.6 is 15.6 Å². The minimum atomic E-state index is -5.03. The van der Waals surface area contributed by atoms with Gasteiger partial charge in [-0.1, -0.05) is 326 Å². The van der Waals surface area contributed by atoms with Gasteiger partial charge < -0.3 is 33.8 Å². The normalized spacial score (nSPS) is 14.6. The number of rotatable bonds is 78. The third-order valence-corrected chi connectivity index (χ3v) is 19.1. The van der Waals surface area contributed by atoms with Crippen LogP contribution < -0.4 is 0 Å². The first-order valence-electron chi connectivity index (χ1n) is 42.4. The number of phosphoric ester groups is 2. The van der Waals surface area contributed by atoms with Gasteiger partial charge in [-0.15, -0.1) is 0 Å². The molecule has 626 valence electrons. The van der Waals surface area contributed by atoms with Crippen molar-refractivity contribution in [2.75, 3.05) is 39.6 Å². The molecule has 110 heavy (non-hydrogen) atoms. The van der Waals surface area contributed by atoms with Gasteiger partial charge in [0.1, 0.15) is 19.3 Å². The van der Waals surface area contributed by atoms with Gasteiger partial charge in [-0.2, -0.15) is 0 Å². The Bertz CT molecular complexity index is 2750. The topological polar surface area (TPSA) is 237 Å². The maximum Gasteiger partial charge on any atom is 0.472 e. The van der Waals surface area contributed by atoms with E-state index in [1.807, 2.05) is 48.6 Å². The molecule has 0 saturated heterocycles. The number of allylic oxidation sites excluding steroid dienone is 28. The zero-order chi connectivity index (χ0) is 80.3. The van der Waals surface area contributed by atoms with Crippen molar-refractivity contribution < 1.29 is 80.2 Å². The molecule has 2 unspecified atom stereocenters. The van der Waals surface area contributed by atoms with E-state index < -0.39 is 97.5 Å². The van der Waals surface area contributed by atoms with Crippen LogP contribution in [0.1, 0.15) is 323 Å². The molecule has 0 bridgehead atoms. The zero-order valence-electron chi connectivity index (χ0n) is 68.6. The number of unbranched alkanes of at least 4 members (excludes halogenated alkanes) is 24. The van der Waals surface area contributed by atoms with Crippen molar-refractivity contribution in [3.05, 3.63) is 170 Å². The number of carbonyl (C=O) groups excluding carboxylic acids is 4. The fourth-order valence-corrected chi connectivity index (χ4v) is 12.3. The average Bonchev–Trinajstić information content (AvgIpc) is 0.907. The Kier molecular flexibility index (Phi) is 77.3. The minimum Gasteiger partial charge on any atom is -0.462 e. The SMILES string of the molecule is CCCCC/C=C\C/C=C\C/C=C\C/C=C\C/C=C\CCC(=O)OC[C@H](COP(=O)(O)OC[C@@H](O)COP(=O)(O)OC[C@@H](COC(=O)CCCCCCCCCCCCCCCCC)OC(=O)CCC/C=C\C/C=C\C/C=C\C/C=C\CCCCC)OC(=O)CC/C=C\C/C=C\C/C=C\C/C=C\C/C=C\CCCCC. The van der Waals surface area contributed by atoms with Gasteiger partial charge >= 0.3 is 39.5 Å². The Hall–Kier alpha value is -5.58. The molecule has 0 radical (unpaired) electrons. The van der Waals surface area contributed by atoms with Crippen LogP contribution in [0.2, 0.25) is 0 Å². The molecule has 0 fully saturated rings. The van der Waals surface area contributed by atoms with Crippen LogP contribution in [0.15, 0.2) is 170 Å². The first-order chi connectivity index (χ1) is 53.7. The van der Waals surface area contributed by atoms with Crippen LogP contribution in [-0.2, 0) is 65.4 Å². The quantitative estimate of drug-likeness (QED) is 0.0169. The molecule has 0 spiro atoms. The second-order valence-electron chi connectivity index (χ2n) is 27.7. The van der Waals surface area contributed by atoms with E-state index >= 15 is 0 Å². The van der Waals surface area contributed by atoms with Crippen molar-refractivity contribution >= 4 is 39.5 Å². The minimum absolute atomic E-state index is 0.0122. The summed E-state index contributed by atoms with van der Waals surface area (Å²) in [5, 5.41) is 10.7. The number of esters is 4. The standard InChI is InChI=1S/C91H150O17P2/c1-5-9-13-17-21-25-29-33-37-40-42-45-48-52-56-60-64-68-72-76-89(94)102-82-87(108-91(96)78-74-70-66-62-58-54-50-46-43-41-38-34-30-26-22-18-14-10-6-2)84-106-110(99,100)104-80-85(92)79-103-109(97,98)105-83-86(81-101-88(93)75-71-67-63-59-55-51-47-36-32-28-24-20-16-12-8-4)107-90(95)77-73-69-65-61-57-53-49-44-39-35-31-27-23-19-15-11-7-3/h21-23,25-27,33-35,37-39,42-43,45-46,49,52-54,56,58,61,64-66,68,70,85-87,92H,5-20,24,28-32,36,40-41,44,47-48,50-51,55,57,59-60,62-63,67,69,71-84H2,1-4H3,(H,97,98)(H,99,100)/b25-21-,26-22-,27-23-,37-33-,38-34-,39-35-,45-42-,46-43-,53-49-,56-52-,58-54-,65-61-,68-64-,70-66-/t85-,86+,87+/m0/s1. The highest BCUT2D eigenvalue weighted by atomic mass is 31.2. The first-order valence-corrected chi connectivity index (χ1v) is 45.4. The van der Waals surface area contributed by atoms with E-state index in [1.54, 1.807) is 0 Å².